The van der Waals surface area contributed by atoms with Gasteiger partial charge in [-0.15, -0.1) is 0 Å². The highest BCUT2D eigenvalue weighted by Gasteiger charge is 2.46. The van der Waals surface area contributed by atoms with E-state index in [2.05, 4.69) is 81.1 Å². The summed E-state index contributed by atoms with van der Waals surface area (Å²) in [4.78, 5) is 2.95. The van der Waals surface area contributed by atoms with Gasteiger partial charge in [-0.3, -0.25) is 4.90 Å². The van der Waals surface area contributed by atoms with Crippen molar-refractivity contribution in [3.8, 4) is 0 Å². The Balaban J connectivity index is 3.43. The molecule has 0 aromatic carbocycles. The summed E-state index contributed by atoms with van der Waals surface area (Å²) in [5, 5.41) is 0. The molecule has 0 aliphatic carbocycles. The van der Waals surface area contributed by atoms with Gasteiger partial charge in [0.15, 0.2) is 0 Å². The van der Waals surface area contributed by atoms with Crippen LogP contribution in [0.5, 0.6) is 0 Å². The molecule has 4 atom stereocenters. The second kappa shape index (κ2) is 7.89. The first-order chi connectivity index (χ1) is 10.4. The molecule has 1 aliphatic rings. The minimum absolute atomic E-state index is 0.384. The molecule has 0 spiro atoms. The van der Waals surface area contributed by atoms with Crippen molar-refractivity contribution in [2.75, 3.05) is 0 Å². The van der Waals surface area contributed by atoms with E-state index < -0.39 is 0 Å². The van der Waals surface area contributed by atoms with Gasteiger partial charge in [-0.25, -0.2) is 0 Å². The van der Waals surface area contributed by atoms with E-state index in [-0.39, 0.29) is 0 Å². The fourth-order valence-electron chi connectivity index (χ4n) is 5.35. The predicted molar refractivity (Wildman–Crippen MR) is 105 cm³/mol. The average molecular weight is 324 g/mol. The lowest BCUT2D eigenvalue weighted by Gasteiger charge is -2.50. The topological polar surface area (TPSA) is 3.24 Å². The minimum atomic E-state index is 0.384. The van der Waals surface area contributed by atoms with Crippen LogP contribution >= 0.6 is 0 Å². The summed E-state index contributed by atoms with van der Waals surface area (Å²) in [6.07, 6.45) is 2.79. The molecule has 0 aromatic heterocycles. The van der Waals surface area contributed by atoms with E-state index in [9.17, 15) is 0 Å². The van der Waals surface area contributed by atoms with E-state index in [1.54, 1.807) is 0 Å². The maximum atomic E-state index is 2.95. The SMILES string of the molecule is CC(C)C1CCC(C(C)(C)C)C(C(C)C)N(C(C)C)C1C(C)C. The highest BCUT2D eigenvalue weighted by atomic mass is 15.2. The van der Waals surface area contributed by atoms with Crippen LogP contribution in [0.15, 0.2) is 0 Å². The lowest BCUT2D eigenvalue weighted by molar-refractivity contribution is -0.0239. The molecule has 0 amide bonds. The van der Waals surface area contributed by atoms with Crippen molar-refractivity contribution in [3.05, 3.63) is 0 Å². The number of rotatable bonds is 4. The smallest absolute Gasteiger partial charge is 0.0157 e. The molecular formula is C22H45N. The van der Waals surface area contributed by atoms with Crippen molar-refractivity contribution < 1.29 is 0 Å². The van der Waals surface area contributed by atoms with Gasteiger partial charge in [-0.2, -0.15) is 0 Å². The zero-order valence-corrected chi connectivity index (χ0v) is 18.0. The molecule has 1 heteroatoms. The van der Waals surface area contributed by atoms with Gasteiger partial charge < -0.3 is 0 Å². The molecule has 0 bridgehead atoms. The van der Waals surface area contributed by atoms with E-state index in [1.807, 2.05) is 0 Å². The van der Waals surface area contributed by atoms with Gasteiger partial charge in [0.25, 0.3) is 0 Å². The van der Waals surface area contributed by atoms with Crippen LogP contribution in [0.1, 0.15) is 89.0 Å². The summed E-state index contributed by atoms with van der Waals surface area (Å²) < 4.78 is 0. The molecule has 0 radical (unpaired) electrons. The zero-order chi connectivity index (χ0) is 18.1. The number of hydrogen-bond acceptors (Lipinski definition) is 1. The van der Waals surface area contributed by atoms with E-state index in [1.165, 1.54) is 12.8 Å². The Hall–Kier alpha value is -0.0400. The number of hydrogen-bond donors (Lipinski definition) is 0. The molecule has 0 saturated carbocycles. The predicted octanol–water partition coefficient (Wildman–Crippen LogP) is 6.47. The third-order valence-electron chi connectivity index (χ3n) is 6.28. The molecule has 1 fully saturated rings. The Morgan fingerprint density at radius 3 is 1.48 bits per heavy atom. The Bertz CT molecular complexity index is 347. The lowest BCUT2D eigenvalue weighted by Crippen LogP contribution is -2.57. The Morgan fingerprint density at radius 1 is 0.696 bits per heavy atom. The summed E-state index contributed by atoms with van der Waals surface area (Å²) in [6.45, 7) is 26.9. The Morgan fingerprint density at radius 2 is 1.17 bits per heavy atom. The first-order valence-corrected chi connectivity index (χ1v) is 10.2. The fraction of sp³-hybridized carbons (Fsp3) is 1.00. The van der Waals surface area contributed by atoms with E-state index in [4.69, 9.17) is 0 Å². The van der Waals surface area contributed by atoms with Gasteiger partial charge in [-0.1, -0.05) is 62.3 Å². The first kappa shape index (κ1) is 21.0. The Labute approximate surface area is 147 Å². The maximum Gasteiger partial charge on any atom is 0.0157 e. The van der Waals surface area contributed by atoms with Crippen LogP contribution in [0.25, 0.3) is 0 Å². The summed E-state index contributed by atoms with van der Waals surface area (Å²) >= 11 is 0. The second-order valence-corrected chi connectivity index (χ2v) is 10.5. The third kappa shape index (κ3) is 4.74. The van der Waals surface area contributed by atoms with Gasteiger partial charge in [0.2, 0.25) is 0 Å². The van der Waals surface area contributed by atoms with Crippen LogP contribution in [0.3, 0.4) is 0 Å². The van der Waals surface area contributed by atoms with Crippen LogP contribution in [0.4, 0.5) is 0 Å². The summed E-state index contributed by atoms with van der Waals surface area (Å²) in [5.74, 6) is 3.83. The second-order valence-electron chi connectivity index (χ2n) is 10.5. The zero-order valence-electron chi connectivity index (χ0n) is 18.0. The molecule has 0 aromatic rings. The van der Waals surface area contributed by atoms with Crippen molar-refractivity contribution in [1.82, 2.24) is 4.90 Å². The molecular weight excluding hydrogens is 278 g/mol. The third-order valence-corrected chi connectivity index (χ3v) is 6.28. The molecule has 1 aliphatic heterocycles. The molecule has 23 heavy (non-hydrogen) atoms. The van der Waals surface area contributed by atoms with Crippen LogP contribution in [0, 0.1) is 35.0 Å². The van der Waals surface area contributed by atoms with Crippen molar-refractivity contribution in [2.45, 2.75) is 107 Å². The highest BCUT2D eigenvalue weighted by Crippen LogP contribution is 2.46. The van der Waals surface area contributed by atoms with Crippen molar-refractivity contribution >= 4 is 0 Å². The average Bonchev–Trinajstić information content (AvgIpc) is 2.54. The molecule has 1 rings (SSSR count). The van der Waals surface area contributed by atoms with E-state index in [0.29, 0.717) is 23.4 Å². The molecule has 0 N–H and O–H groups in total. The van der Waals surface area contributed by atoms with Crippen LogP contribution in [0.2, 0.25) is 0 Å². The molecule has 1 saturated heterocycles. The number of nitrogens with zero attached hydrogens (tertiary/aromatic N) is 1. The monoisotopic (exact) mass is 323 g/mol. The fourth-order valence-corrected chi connectivity index (χ4v) is 5.35. The van der Waals surface area contributed by atoms with Gasteiger partial charge in [0, 0.05) is 18.1 Å². The van der Waals surface area contributed by atoms with Gasteiger partial charge in [-0.05, 0) is 61.7 Å². The van der Waals surface area contributed by atoms with E-state index >= 15 is 0 Å². The molecule has 138 valence electrons. The molecule has 4 unspecified atom stereocenters. The minimum Gasteiger partial charge on any atom is -0.294 e. The van der Waals surface area contributed by atoms with Crippen molar-refractivity contribution in [3.63, 3.8) is 0 Å². The summed E-state index contributed by atoms with van der Waals surface area (Å²) in [6, 6.07) is 2.04. The molecule has 1 heterocycles. The quantitative estimate of drug-likeness (QED) is 0.572. The van der Waals surface area contributed by atoms with Crippen molar-refractivity contribution in [2.24, 2.45) is 35.0 Å². The highest BCUT2D eigenvalue weighted by molar-refractivity contribution is 4.99. The normalized spacial score (nSPS) is 31.4. The van der Waals surface area contributed by atoms with Crippen LogP contribution < -0.4 is 0 Å². The van der Waals surface area contributed by atoms with Gasteiger partial charge in [0.05, 0.1) is 0 Å². The maximum absolute atomic E-state index is 2.95. The summed E-state index contributed by atoms with van der Waals surface area (Å²) in [7, 11) is 0. The number of likely N-dealkylation sites (tertiary alicyclic amines) is 1. The van der Waals surface area contributed by atoms with Crippen molar-refractivity contribution in [1.29, 1.82) is 0 Å². The van der Waals surface area contributed by atoms with Crippen LogP contribution in [-0.4, -0.2) is 23.0 Å². The van der Waals surface area contributed by atoms with E-state index in [0.717, 1.165) is 29.7 Å². The molecule has 1 nitrogen and oxygen atoms in total. The van der Waals surface area contributed by atoms with Gasteiger partial charge in [0.1, 0.15) is 0 Å². The lowest BCUT2D eigenvalue weighted by atomic mass is 9.70. The standard InChI is InChI=1S/C22H45N/c1-14(2)18-12-13-19(22(9,10)11)21(16(5)6)23(17(7)8)20(18)15(3)4/h14-21H,12-13H2,1-11H3. The first-order valence-electron chi connectivity index (χ1n) is 10.2. The largest absolute Gasteiger partial charge is 0.294 e. The summed E-state index contributed by atoms with van der Waals surface area (Å²) in [5.41, 5.74) is 0.384. The Kier molecular flexibility index (Phi) is 7.21. The van der Waals surface area contributed by atoms with Gasteiger partial charge >= 0.3 is 0 Å². The van der Waals surface area contributed by atoms with Crippen LogP contribution in [-0.2, 0) is 0 Å².